The Balaban J connectivity index is 2.98. The van der Waals surface area contributed by atoms with E-state index in [0.29, 0.717) is 10.7 Å². The lowest BCUT2D eigenvalue weighted by atomic mass is 10.3. The summed E-state index contributed by atoms with van der Waals surface area (Å²) in [5, 5.41) is 9.20. The average molecular weight is 220 g/mol. The Morgan fingerprint density at radius 3 is 2.69 bits per heavy atom. The van der Waals surface area contributed by atoms with Crippen molar-refractivity contribution >= 4 is 35.0 Å². The number of halogens is 2. The fraction of sp³-hybridized carbons (Fsp3) is 0.125. The summed E-state index contributed by atoms with van der Waals surface area (Å²) in [6, 6.07) is 6.38. The van der Waals surface area contributed by atoms with Crippen molar-refractivity contribution in [3.8, 4) is 0 Å². The van der Waals surface area contributed by atoms with Gasteiger partial charge in [0.05, 0.1) is 0 Å². The van der Waals surface area contributed by atoms with Crippen LogP contribution in [0.15, 0.2) is 24.3 Å². The fourth-order valence-corrected chi connectivity index (χ4v) is 1.30. The van der Waals surface area contributed by atoms with E-state index in [1.54, 1.807) is 18.2 Å². The van der Waals surface area contributed by atoms with E-state index >= 15 is 0 Å². The van der Waals surface area contributed by atoms with Gasteiger partial charge >= 0.3 is 6.09 Å². The Morgan fingerprint density at radius 2 is 2.23 bits per heavy atom. The number of carboxylic acid groups (broad SMARTS) is 1. The van der Waals surface area contributed by atoms with E-state index in [4.69, 9.17) is 28.3 Å². The second kappa shape index (κ2) is 4.35. The zero-order valence-corrected chi connectivity index (χ0v) is 8.09. The third-order valence-electron chi connectivity index (χ3n) is 1.47. The molecule has 0 fully saturated rings. The summed E-state index contributed by atoms with van der Waals surface area (Å²) in [5.41, 5.74) is 0.468. The third kappa shape index (κ3) is 2.50. The van der Waals surface area contributed by atoms with Crippen LogP contribution in [0.1, 0.15) is 0 Å². The summed E-state index contributed by atoms with van der Waals surface area (Å²) in [7, 11) is 0. The van der Waals surface area contributed by atoms with Crippen molar-refractivity contribution in [2.75, 3.05) is 10.9 Å². The molecule has 0 saturated heterocycles. The van der Waals surface area contributed by atoms with Gasteiger partial charge in [0, 0.05) is 10.7 Å². The van der Waals surface area contributed by atoms with Crippen LogP contribution in [0.3, 0.4) is 0 Å². The zero-order chi connectivity index (χ0) is 9.84. The predicted octanol–water partition coefficient (Wildman–Crippen LogP) is 3.02. The topological polar surface area (TPSA) is 40.5 Å². The first-order valence-corrected chi connectivity index (χ1v) is 4.38. The van der Waals surface area contributed by atoms with Gasteiger partial charge in [0.2, 0.25) is 0 Å². The number of anilines is 1. The molecule has 5 heteroatoms. The first-order chi connectivity index (χ1) is 6.15. The average Bonchev–Trinajstić information content (AvgIpc) is 2.04. The van der Waals surface area contributed by atoms with E-state index < -0.39 is 6.09 Å². The Morgan fingerprint density at radius 1 is 1.54 bits per heavy atom. The molecule has 13 heavy (non-hydrogen) atoms. The highest BCUT2D eigenvalue weighted by Crippen LogP contribution is 2.19. The molecular formula is C8H7Cl2NO2. The van der Waals surface area contributed by atoms with Gasteiger partial charge in [-0.25, -0.2) is 4.79 Å². The number of rotatable bonds is 2. The van der Waals surface area contributed by atoms with E-state index in [9.17, 15) is 4.79 Å². The molecule has 0 saturated carbocycles. The highest BCUT2D eigenvalue weighted by molar-refractivity contribution is 6.31. The summed E-state index contributed by atoms with van der Waals surface area (Å²) in [6.07, 6.45) is -1.10. The summed E-state index contributed by atoms with van der Waals surface area (Å²) >= 11 is 11.1. The number of alkyl halides is 1. The van der Waals surface area contributed by atoms with Crippen LogP contribution in [0.25, 0.3) is 0 Å². The molecule has 1 aromatic carbocycles. The van der Waals surface area contributed by atoms with Crippen molar-refractivity contribution in [2.45, 2.75) is 0 Å². The lowest BCUT2D eigenvalue weighted by Crippen LogP contribution is -2.27. The molecule has 0 heterocycles. The van der Waals surface area contributed by atoms with Crippen LogP contribution in [0, 0.1) is 0 Å². The Hall–Kier alpha value is -0.930. The molecule has 70 valence electrons. The van der Waals surface area contributed by atoms with E-state index in [1.165, 1.54) is 6.07 Å². The van der Waals surface area contributed by atoms with Crippen LogP contribution >= 0.6 is 23.2 Å². The summed E-state index contributed by atoms with van der Waals surface area (Å²) in [5.74, 6) is 0. The number of hydrogen-bond donors (Lipinski definition) is 1. The minimum Gasteiger partial charge on any atom is -0.465 e. The lowest BCUT2D eigenvalue weighted by Gasteiger charge is -2.15. The van der Waals surface area contributed by atoms with E-state index in [-0.39, 0.29) is 6.00 Å². The first kappa shape index (κ1) is 10.2. The molecule has 0 bridgehead atoms. The summed E-state index contributed by atoms with van der Waals surface area (Å²) in [6.45, 7) is 0. The van der Waals surface area contributed by atoms with Crippen LogP contribution in [0.2, 0.25) is 5.02 Å². The number of carbonyl (C=O) groups is 1. The summed E-state index contributed by atoms with van der Waals surface area (Å²) < 4.78 is 0. The quantitative estimate of drug-likeness (QED) is 0.614. The van der Waals surface area contributed by atoms with Gasteiger partial charge in [0.25, 0.3) is 0 Å². The smallest absolute Gasteiger partial charge is 0.412 e. The van der Waals surface area contributed by atoms with Crippen molar-refractivity contribution in [2.24, 2.45) is 0 Å². The second-order valence-corrected chi connectivity index (χ2v) is 2.99. The van der Waals surface area contributed by atoms with Crippen molar-refractivity contribution in [3.05, 3.63) is 29.3 Å². The molecule has 0 atom stereocenters. The molecule has 0 spiro atoms. The van der Waals surface area contributed by atoms with Gasteiger partial charge in [-0.05, 0) is 18.2 Å². The van der Waals surface area contributed by atoms with Gasteiger partial charge in [-0.2, -0.15) is 0 Å². The van der Waals surface area contributed by atoms with Crippen LogP contribution in [-0.4, -0.2) is 17.2 Å². The summed E-state index contributed by atoms with van der Waals surface area (Å²) in [4.78, 5) is 11.6. The molecule has 0 unspecified atom stereocenters. The van der Waals surface area contributed by atoms with Crippen molar-refractivity contribution < 1.29 is 9.90 Å². The molecule has 3 nitrogen and oxygen atoms in total. The van der Waals surface area contributed by atoms with Crippen LogP contribution in [0.4, 0.5) is 10.5 Å². The molecule has 0 aliphatic rings. The largest absolute Gasteiger partial charge is 0.465 e. The highest BCUT2D eigenvalue weighted by atomic mass is 35.5. The molecule has 0 radical (unpaired) electrons. The van der Waals surface area contributed by atoms with Gasteiger partial charge in [-0.15, -0.1) is 11.6 Å². The van der Waals surface area contributed by atoms with Gasteiger partial charge in [0.1, 0.15) is 6.00 Å². The molecule has 1 rings (SSSR count). The Labute approximate surface area is 85.5 Å². The maximum absolute atomic E-state index is 10.6. The Bertz CT molecular complexity index is 317. The van der Waals surface area contributed by atoms with E-state index in [0.717, 1.165) is 4.90 Å². The SMILES string of the molecule is O=C(O)N(CCl)c1cccc(Cl)c1. The maximum atomic E-state index is 10.6. The number of hydrogen-bond acceptors (Lipinski definition) is 1. The number of nitrogens with zero attached hydrogens (tertiary/aromatic N) is 1. The molecule has 0 aliphatic carbocycles. The van der Waals surface area contributed by atoms with Gasteiger partial charge < -0.3 is 5.11 Å². The lowest BCUT2D eigenvalue weighted by molar-refractivity contribution is 0.203. The van der Waals surface area contributed by atoms with Crippen molar-refractivity contribution in [3.63, 3.8) is 0 Å². The minimum absolute atomic E-state index is 0.115. The second-order valence-electron chi connectivity index (χ2n) is 2.31. The van der Waals surface area contributed by atoms with E-state index in [1.807, 2.05) is 0 Å². The standard InChI is InChI=1S/C8H7Cl2NO2/c9-5-11(8(12)13)7-3-1-2-6(10)4-7/h1-4H,5H2,(H,12,13). The fourth-order valence-electron chi connectivity index (χ4n) is 0.875. The van der Waals surface area contributed by atoms with Crippen LogP contribution in [-0.2, 0) is 0 Å². The first-order valence-electron chi connectivity index (χ1n) is 3.47. The van der Waals surface area contributed by atoms with Gasteiger partial charge in [-0.1, -0.05) is 17.7 Å². The molecule has 0 aromatic heterocycles. The number of amides is 1. The predicted molar refractivity (Wildman–Crippen MR) is 52.7 cm³/mol. The van der Waals surface area contributed by atoms with Crippen LogP contribution in [0.5, 0.6) is 0 Å². The third-order valence-corrected chi connectivity index (χ3v) is 1.94. The van der Waals surface area contributed by atoms with Gasteiger partial charge in [0.15, 0.2) is 0 Å². The zero-order valence-electron chi connectivity index (χ0n) is 6.58. The maximum Gasteiger partial charge on any atom is 0.412 e. The molecular weight excluding hydrogens is 213 g/mol. The molecule has 1 amide bonds. The highest BCUT2D eigenvalue weighted by Gasteiger charge is 2.12. The minimum atomic E-state index is -1.10. The van der Waals surface area contributed by atoms with Crippen LogP contribution < -0.4 is 4.90 Å². The monoisotopic (exact) mass is 219 g/mol. The van der Waals surface area contributed by atoms with Crippen molar-refractivity contribution in [1.29, 1.82) is 0 Å². The normalized spacial score (nSPS) is 9.69. The molecule has 1 aromatic rings. The Kier molecular flexibility index (Phi) is 3.39. The molecule has 0 aliphatic heterocycles. The van der Waals surface area contributed by atoms with Crippen molar-refractivity contribution in [1.82, 2.24) is 0 Å². The number of benzene rings is 1. The van der Waals surface area contributed by atoms with E-state index in [2.05, 4.69) is 0 Å². The molecule has 1 N–H and O–H groups in total. The van der Waals surface area contributed by atoms with Gasteiger partial charge in [-0.3, -0.25) is 4.90 Å².